The van der Waals surface area contributed by atoms with E-state index in [1.807, 2.05) is 18.3 Å². The van der Waals surface area contributed by atoms with E-state index in [9.17, 15) is 0 Å². The van der Waals surface area contributed by atoms with Crippen molar-refractivity contribution in [1.82, 2.24) is 18.9 Å². The molecule has 0 spiro atoms. The fraction of sp³-hybridized carbons (Fsp3) is 0. The molecule has 58 heavy (non-hydrogen) atoms. The van der Waals surface area contributed by atoms with Gasteiger partial charge in [-0.1, -0.05) is 146 Å². The Labute approximate surface area is 338 Å². The monoisotopic (exact) mass is 743 g/mol. The van der Waals surface area contributed by atoms with Gasteiger partial charge in [0.15, 0.2) is 5.65 Å². The van der Waals surface area contributed by atoms with Gasteiger partial charge >= 0.3 is 20.9 Å². The standard InChI is InChI=1S/C48H36B3N7/c1-6-20-37(21-7-1)49-56(40-26-12-4-13-27-40)50(38-22-8-2-9-23-38)58(51(39-24-10-3-11-25-39)57(49)41-28-14-5-15-29-41)43-31-18-30-42(36-43)54-47-46(34-19-35-52-47)55-45-33-17-16-32-44(45)53-48(54)55/h1-36H. The molecule has 1 aliphatic rings. The third-order valence-electron chi connectivity index (χ3n) is 11.3. The van der Waals surface area contributed by atoms with Gasteiger partial charge < -0.3 is 14.2 Å². The van der Waals surface area contributed by atoms with E-state index in [0.717, 1.165) is 50.7 Å². The first-order chi connectivity index (χ1) is 28.8. The Morgan fingerprint density at radius 1 is 0.362 bits per heavy atom. The second-order valence-corrected chi connectivity index (χ2v) is 14.7. The van der Waals surface area contributed by atoms with Gasteiger partial charge in [0.2, 0.25) is 5.78 Å². The number of hydrogen-bond donors (Lipinski definition) is 0. The van der Waals surface area contributed by atoms with Crippen LogP contribution in [0.4, 0.5) is 17.1 Å². The molecule has 4 heterocycles. The van der Waals surface area contributed by atoms with Gasteiger partial charge in [0, 0.05) is 23.3 Å². The highest BCUT2D eigenvalue weighted by atomic mass is 15.3. The Morgan fingerprint density at radius 3 is 1.34 bits per heavy atom. The fourth-order valence-corrected chi connectivity index (χ4v) is 8.95. The summed E-state index contributed by atoms with van der Waals surface area (Å²) in [5, 5.41) is 0. The summed E-state index contributed by atoms with van der Waals surface area (Å²) in [6.45, 7) is -0.694. The summed E-state index contributed by atoms with van der Waals surface area (Å²) in [5.41, 5.74) is 11.7. The van der Waals surface area contributed by atoms with Crippen LogP contribution in [0.15, 0.2) is 219 Å². The largest absolute Gasteiger partial charge is 0.416 e. The lowest BCUT2D eigenvalue weighted by atomic mass is 9.37. The predicted octanol–water partition coefficient (Wildman–Crippen LogP) is 7.85. The maximum atomic E-state index is 5.20. The molecule has 0 radical (unpaired) electrons. The van der Waals surface area contributed by atoms with E-state index in [-0.39, 0.29) is 20.9 Å². The molecule has 0 aliphatic carbocycles. The Morgan fingerprint density at radius 2 is 0.793 bits per heavy atom. The quantitative estimate of drug-likeness (QED) is 0.156. The van der Waals surface area contributed by atoms with Gasteiger partial charge in [-0.15, -0.1) is 0 Å². The van der Waals surface area contributed by atoms with Gasteiger partial charge in [0.05, 0.1) is 22.2 Å². The average Bonchev–Trinajstić information content (AvgIpc) is 3.84. The van der Waals surface area contributed by atoms with E-state index in [4.69, 9.17) is 9.97 Å². The highest BCUT2D eigenvalue weighted by molar-refractivity contribution is 7.14. The third-order valence-corrected chi connectivity index (χ3v) is 11.3. The van der Waals surface area contributed by atoms with Gasteiger partial charge in [-0.05, 0) is 83.1 Å². The minimum atomic E-state index is -0.247. The number of benzene rings is 7. The van der Waals surface area contributed by atoms with E-state index in [2.05, 4.69) is 223 Å². The van der Waals surface area contributed by atoms with Gasteiger partial charge in [-0.25, -0.2) is 9.97 Å². The molecule has 272 valence electrons. The highest BCUT2D eigenvalue weighted by Crippen LogP contribution is 2.36. The zero-order chi connectivity index (χ0) is 38.4. The number of fused-ring (bicyclic) bond motifs is 5. The zero-order valence-corrected chi connectivity index (χ0v) is 31.6. The van der Waals surface area contributed by atoms with Gasteiger partial charge in [0.25, 0.3) is 0 Å². The molecule has 7 aromatic carbocycles. The Kier molecular flexibility index (Phi) is 8.32. The molecule has 11 rings (SSSR count). The van der Waals surface area contributed by atoms with Crippen LogP contribution in [-0.2, 0) is 0 Å². The van der Waals surface area contributed by atoms with Crippen LogP contribution in [0.25, 0.3) is 33.7 Å². The van der Waals surface area contributed by atoms with Crippen LogP contribution < -0.4 is 30.6 Å². The fourth-order valence-electron chi connectivity index (χ4n) is 8.95. The Balaban J connectivity index is 1.22. The maximum Gasteiger partial charge on any atom is 0.388 e. The van der Waals surface area contributed by atoms with E-state index in [0.29, 0.717) is 0 Å². The number of imidazole rings is 2. The van der Waals surface area contributed by atoms with Crippen molar-refractivity contribution in [3.63, 3.8) is 0 Å². The van der Waals surface area contributed by atoms with Crippen molar-refractivity contribution in [3.05, 3.63) is 219 Å². The summed E-state index contributed by atoms with van der Waals surface area (Å²) < 4.78 is 12.2. The first-order valence-electron chi connectivity index (χ1n) is 19.8. The highest BCUT2D eigenvalue weighted by Gasteiger charge is 2.55. The summed E-state index contributed by atoms with van der Waals surface area (Å²) in [5.74, 6) is 0.825. The smallest absolute Gasteiger partial charge is 0.388 e. The van der Waals surface area contributed by atoms with Crippen molar-refractivity contribution in [3.8, 4) is 5.69 Å². The second kappa shape index (κ2) is 14.2. The molecule has 0 bridgehead atoms. The van der Waals surface area contributed by atoms with E-state index >= 15 is 0 Å². The number of anilines is 3. The van der Waals surface area contributed by atoms with E-state index in [1.54, 1.807) is 0 Å². The van der Waals surface area contributed by atoms with Crippen LogP contribution in [0, 0.1) is 0 Å². The van der Waals surface area contributed by atoms with Gasteiger partial charge in [-0.2, -0.15) is 0 Å². The maximum absolute atomic E-state index is 5.20. The first-order valence-corrected chi connectivity index (χ1v) is 19.8. The van der Waals surface area contributed by atoms with Crippen LogP contribution in [-0.4, -0.2) is 39.9 Å². The van der Waals surface area contributed by atoms with Crippen molar-refractivity contribution < 1.29 is 0 Å². The SMILES string of the molecule is c1ccc(B2N(c3ccccc3)B(c3ccccc3)N(c3cccc(-n4c5ncccc5n5c6ccccc6nc45)c3)B(c3ccccc3)N2c2ccccc2)cc1. The van der Waals surface area contributed by atoms with Gasteiger partial charge in [0.1, 0.15) is 0 Å². The number of para-hydroxylation sites is 4. The lowest BCUT2D eigenvalue weighted by molar-refractivity contribution is 1.09. The summed E-state index contributed by atoms with van der Waals surface area (Å²) >= 11 is 0. The summed E-state index contributed by atoms with van der Waals surface area (Å²) in [7, 11) is 0. The van der Waals surface area contributed by atoms with Crippen molar-refractivity contribution in [2.75, 3.05) is 14.2 Å². The first kappa shape index (κ1) is 33.9. The second-order valence-electron chi connectivity index (χ2n) is 14.7. The minimum absolute atomic E-state index is 0.199. The molecule has 0 unspecified atom stereocenters. The summed E-state index contributed by atoms with van der Waals surface area (Å²) in [6, 6.07) is 75.9. The summed E-state index contributed by atoms with van der Waals surface area (Å²) in [6.07, 6.45) is 1.87. The van der Waals surface area contributed by atoms with Gasteiger partial charge in [-0.3, -0.25) is 8.97 Å². The molecular formula is C48H36B3N7. The Hall–Kier alpha value is -7.45. The molecule has 0 amide bonds. The molecule has 1 aliphatic heterocycles. The Bertz CT molecular complexity index is 2910. The van der Waals surface area contributed by atoms with Crippen molar-refractivity contribution in [2.24, 2.45) is 0 Å². The number of hydrogen-bond acceptors (Lipinski definition) is 5. The van der Waals surface area contributed by atoms with Crippen LogP contribution in [0.3, 0.4) is 0 Å². The third kappa shape index (κ3) is 5.56. The minimum Gasteiger partial charge on any atom is -0.416 e. The van der Waals surface area contributed by atoms with E-state index < -0.39 is 0 Å². The number of rotatable bonds is 7. The lowest BCUT2D eigenvalue weighted by Crippen LogP contribution is -2.86. The van der Waals surface area contributed by atoms with Crippen LogP contribution in [0.2, 0.25) is 0 Å². The molecule has 0 N–H and O–H groups in total. The molecular weight excluding hydrogens is 707 g/mol. The van der Waals surface area contributed by atoms with Crippen molar-refractivity contribution in [1.29, 1.82) is 0 Å². The number of nitrogens with zero attached hydrogens (tertiary/aromatic N) is 7. The topological polar surface area (TPSA) is 44.8 Å². The number of pyridine rings is 1. The molecule has 0 atom stereocenters. The predicted molar refractivity (Wildman–Crippen MR) is 243 cm³/mol. The summed E-state index contributed by atoms with van der Waals surface area (Å²) in [4.78, 5) is 10.2. The molecule has 7 nitrogen and oxygen atoms in total. The molecule has 1 fully saturated rings. The molecule has 3 aromatic heterocycles. The normalized spacial score (nSPS) is 13.3. The lowest BCUT2D eigenvalue weighted by Gasteiger charge is -2.57. The van der Waals surface area contributed by atoms with Crippen molar-refractivity contribution in [2.45, 2.75) is 0 Å². The van der Waals surface area contributed by atoms with Crippen molar-refractivity contribution >= 4 is 82.4 Å². The molecule has 0 saturated carbocycles. The average molecular weight is 743 g/mol. The molecule has 10 aromatic rings. The van der Waals surface area contributed by atoms with Crippen LogP contribution in [0.5, 0.6) is 0 Å². The zero-order valence-electron chi connectivity index (χ0n) is 31.6. The van der Waals surface area contributed by atoms with E-state index in [1.165, 1.54) is 16.4 Å². The number of aromatic nitrogens is 4. The van der Waals surface area contributed by atoms with Crippen LogP contribution >= 0.6 is 0 Å². The van der Waals surface area contributed by atoms with Crippen LogP contribution in [0.1, 0.15) is 0 Å². The molecule has 1 saturated heterocycles. The molecule has 10 heteroatoms.